The van der Waals surface area contributed by atoms with Crippen molar-refractivity contribution in [1.29, 1.82) is 0 Å². The van der Waals surface area contributed by atoms with Gasteiger partial charge in [0.2, 0.25) is 11.8 Å². The Morgan fingerprint density at radius 3 is 2.61 bits per heavy atom. The van der Waals surface area contributed by atoms with Crippen LogP contribution in [0.15, 0.2) is 42.6 Å². The van der Waals surface area contributed by atoms with Crippen LogP contribution in [0.2, 0.25) is 5.02 Å². The fraction of sp³-hybridized carbons (Fsp3) is 0.300. The molecule has 0 aliphatic carbocycles. The Hall–Kier alpha value is -3.37. The Morgan fingerprint density at radius 1 is 1.23 bits per heavy atom. The van der Waals surface area contributed by atoms with E-state index in [0.717, 1.165) is 4.90 Å². The van der Waals surface area contributed by atoms with Crippen LogP contribution in [0.25, 0.3) is 0 Å². The number of rotatable bonds is 6. The molecule has 2 N–H and O–H groups in total. The van der Waals surface area contributed by atoms with Crippen LogP contribution in [-0.4, -0.2) is 50.3 Å². The summed E-state index contributed by atoms with van der Waals surface area (Å²) in [5, 5.41) is 23.6. The second-order valence-corrected chi connectivity index (χ2v) is 7.79. The third kappa shape index (κ3) is 3.64. The molecule has 3 heterocycles. The number of imide groups is 1. The summed E-state index contributed by atoms with van der Waals surface area (Å²) >= 11 is 5.87. The van der Waals surface area contributed by atoms with E-state index in [1.54, 1.807) is 24.4 Å². The van der Waals surface area contributed by atoms with E-state index in [4.69, 9.17) is 11.6 Å². The van der Waals surface area contributed by atoms with Crippen molar-refractivity contribution < 1.29 is 24.4 Å². The smallest absolute Gasteiger partial charge is 0.321 e. The number of carboxylic acids is 1. The third-order valence-electron chi connectivity index (χ3n) is 5.68. The van der Waals surface area contributed by atoms with Crippen molar-refractivity contribution >= 4 is 35.1 Å². The van der Waals surface area contributed by atoms with Crippen LogP contribution in [0.3, 0.4) is 0 Å². The molecule has 1 aromatic heterocycles. The van der Waals surface area contributed by atoms with Crippen LogP contribution in [-0.2, 0) is 20.8 Å². The summed E-state index contributed by atoms with van der Waals surface area (Å²) in [6, 6.07) is 7.15. The molecule has 0 radical (unpaired) electrons. The topological polar surface area (TPSA) is 143 Å². The number of benzene rings is 1. The lowest BCUT2D eigenvalue weighted by atomic mass is 9.86. The van der Waals surface area contributed by atoms with E-state index in [9.17, 15) is 29.6 Å². The third-order valence-corrected chi connectivity index (χ3v) is 6.00. The van der Waals surface area contributed by atoms with Crippen LogP contribution in [0, 0.1) is 22.0 Å². The Kier molecular flexibility index (Phi) is 5.42. The normalized spacial score (nSPS) is 25.0. The maximum absolute atomic E-state index is 13.1. The predicted molar refractivity (Wildman–Crippen MR) is 107 cm³/mol. The Bertz CT molecular complexity index is 1080. The molecule has 10 nitrogen and oxygen atoms in total. The van der Waals surface area contributed by atoms with Gasteiger partial charge in [0, 0.05) is 37.0 Å². The molecule has 31 heavy (non-hydrogen) atoms. The van der Waals surface area contributed by atoms with Crippen molar-refractivity contribution in [1.82, 2.24) is 15.2 Å². The van der Waals surface area contributed by atoms with Gasteiger partial charge in [0.05, 0.1) is 16.8 Å². The zero-order valence-corrected chi connectivity index (χ0v) is 16.7. The molecule has 0 spiro atoms. The first-order chi connectivity index (χ1) is 14.8. The van der Waals surface area contributed by atoms with Crippen molar-refractivity contribution in [2.45, 2.75) is 18.5 Å². The fourth-order valence-corrected chi connectivity index (χ4v) is 4.45. The summed E-state index contributed by atoms with van der Waals surface area (Å²) in [6.45, 7) is 0.0709. The number of hydrogen-bond donors (Lipinski definition) is 2. The number of carboxylic acid groups (broad SMARTS) is 1. The number of likely N-dealkylation sites (tertiary alicyclic amines) is 1. The summed E-state index contributed by atoms with van der Waals surface area (Å²) in [5.41, 5.74) is 0.653. The molecule has 4 atom stereocenters. The molecule has 4 unspecified atom stereocenters. The molecule has 11 heteroatoms. The SMILES string of the molecule is O=C(O)C1NC(c2ccc(Cl)c([N+](=O)[O-])c2)C2C(=O)N(CCc3ccccn3)C(=O)C12. The minimum absolute atomic E-state index is 0.0709. The summed E-state index contributed by atoms with van der Waals surface area (Å²) in [6.07, 6.45) is 1.94. The largest absolute Gasteiger partial charge is 0.480 e. The number of carbonyl (C=O) groups excluding carboxylic acids is 2. The molecule has 0 bridgehead atoms. The second kappa shape index (κ2) is 8.05. The van der Waals surface area contributed by atoms with E-state index in [2.05, 4.69) is 10.3 Å². The number of aromatic nitrogens is 1. The molecule has 0 saturated carbocycles. The molecular weight excluding hydrogens is 428 g/mol. The summed E-state index contributed by atoms with van der Waals surface area (Å²) < 4.78 is 0. The Balaban J connectivity index is 1.65. The van der Waals surface area contributed by atoms with Crippen LogP contribution in [0.5, 0.6) is 0 Å². The first-order valence-electron chi connectivity index (χ1n) is 9.47. The highest BCUT2D eigenvalue weighted by molar-refractivity contribution is 6.32. The van der Waals surface area contributed by atoms with Gasteiger partial charge >= 0.3 is 5.97 Å². The van der Waals surface area contributed by atoms with E-state index in [1.165, 1.54) is 18.2 Å². The molecule has 2 aliphatic rings. The summed E-state index contributed by atoms with van der Waals surface area (Å²) in [7, 11) is 0. The lowest BCUT2D eigenvalue weighted by molar-refractivity contribution is -0.384. The predicted octanol–water partition coefficient (Wildman–Crippen LogP) is 1.58. The number of nitro benzene ring substituents is 1. The molecule has 2 amide bonds. The number of nitro groups is 1. The van der Waals surface area contributed by atoms with Gasteiger partial charge in [-0.05, 0) is 23.8 Å². The van der Waals surface area contributed by atoms with Crippen LogP contribution in [0.4, 0.5) is 5.69 Å². The minimum Gasteiger partial charge on any atom is -0.480 e. The molecule has 2 aromatic rings. The van der Waals surface area contributed by atoms with Gasteiger partial charge in [-0.15, -0.1) is 0 Å². The standard InChI is InChI=1S/C20H17ClN4O6/c21-12-5-4-10(9-13(12)25(30)31)16-14-15(17(23-16)20(28)29)19(27)24(18(14)26)8-6-11-3-1-2-7-22-11/h1-5,7,9,14-17,23H,6,8H2,(H,28,29). The van der Waals surface area contributed by atoms with E-state index in [1.807, 2.05) is 0 Å². The van der Waals surface area contributed by atoms with Gasteiger partial charge in [0.1, 0.15) is 11.1 Å². The summed E-state index contributed by atoms with van der Waals surface area (Å²) in [4.78, 5) is 53.8. The molecular formula is C20H17ClN4O6. The van der Waals surface area contributed by atoms with E-state index in [-0.39, 0.29) is 17.3 Å². The number of nitrogens with zero attached hydrogens (tertiary/aromatic N) is 3. The number of pyridine rings is 1. The number of hydrogen-bond acceptors (Lipinski definition) is 7. The molecule has 2 fully saturated rings. The van der Waals surface area contributed by atoms with Crippen LogP contribution < -0.4 is 5.32 Å². The van der Waals surface area contributed by atoms with Crippen LogP contribution in [0.1, 0.15) is 17.3 Å². The van der Waals surface area contributed by atoms with Gasteiger partial charge in [0.15, 0.2) is 0 Å². The number of nitrogens with one attached hydrogen (secondary N) is 1. The molecule has 1 aromatic carbocycles. The van der Waals surface area contributed by atoms with Crippen molar-refractivity contribution in [2.24, 2.45) is 11.8 Å². The van der Waals surface area contributed by atoms with E-state index >= 15 is 0 Å². The Morgan fingerprint density at radius 2 is 1.97 bits per heavy atom. The lowest BCUT2D eigenvalue weighted by Gasteiger charge is -2.21. The van der Waals surface area contributed by atoms with Gasteiger partial charge in [-0.2, -0.15) is 0 Å². The van der Waals surface area contributed by atoms with Crippen molar-refractivity contribution in [3.05, 3.63) is 69.0 Å². The number of fused-ring (bicyclic) bond motifs is 1. The fourth-order valence-electron chi connectivity index (χ4n) is 4.26. The highest BCUT2D eigenvalue weighted by Crippen LogP contribution is 2.45. The zero-order chi connectivity index (χ0) is 22.3. The van der Waals surface area contributed by atoms with E-state index in [0.29, 0.717) is 17.7 Å². The van der Waals surface area contributed by atoms with Gasteiger partial charge in [0.25, 0.3) is 5.69 Å². The maximum Gasteiger partial charge on any atom is 0.321 e. The lowest BCUT2D eigenvalue weighted by Crippen LogP contribution is -2.43. The number of amides is 2. The number of aliphatic carboxylic acids is 1. The van der Waals surface area contributed by atoms with Gasteiger partial charge < -0.3 is 5.11 Å². The second-order valence-electron chi connectivity index (χ2n) is 7.38. The highest BCUT2D eigenvalue weighted by atomic mass is 35.5. The van der Waals surface area contributed by atoms with Gasteiger partial charge in [-0.3, -0.25) is 39.7 Å². The molecule has 4 rings (SSSR count). The molecule has 2 saturated heterocycles. The summed E-state index contributed by atoms with van der Waals surface area (Å²) in [5.74, 6) is -4.44. The van der Waals surface area contributed by atoms with Crippen molar-refractivity contribution in [2.75, 3.05) is 6.54 Å². The van der Waals surface area contributed by atoms with E-state index < -0.39 is 46.6 Å². The average molecular weight is 445 g/mol. The number of halogens is 1. The monoisotopic (exact) mass is 444 g/mol. The Labute approximate surface area is 181 Å². The van der Waals surface area contributed by atoms with Crippen LogP contribution >= 0.6 is 11.6 Å². The minimum atomic E-state index is -1.29. The number of carbonyl (C=O) groups is 3. The van der Waals surface area contributed by atoms with Gasteiger partial charge in [-0.1, -0.05) is 23.7 Å². The zero-order valence-electron chi connectivity index (χ0n) is 16.0. The van der Waals surface area contributed by atoms with Gasteiger partial charge in [-0.25, -0.2) is 0 Å². The van der Waals surface area contributed by atoms with Crippen molar-refractivity contribution in [3.8, 4) is 0 Å². The highest BCUT2D eigenvalue weighted by Gasteiger charge is 2.60. The molecule has 160 valence electrons. The maximum atomic E-state index is 13.1. The average Bonchev–Trinajstić information content (AvgIpc) is 3.25. The molecule has 2 aliphatic heterocycles. The first kappa shape index (κ1) is 20.9. The first-order valence-corrected chi connectivity index (χ1v) is 9.85. The van der Waals surface area contributed by atoms with Crippen molar-refractivity contribution in [3.63, 3.8) is 0 Å². The quantitative estimate of drug-likeness (QED) is 0.388.